The van der Waals surface area contributed by atoms with Crippen molar-refractivity contribution in [1.29, 1.82) is 0 Å². The summed E-state index contributed by atoms with van der Waals surface area (Å²) in [6.45, 7) is 2.28. The van der Waals surface area contributed by atoms with E-state index in [0.29, 0.717) is 15.6 Å². The highest BCUT2D eigenvalue weighted by Gasteiger charge is 2.31. The fraction of sp³-hybridized carbons (Fsp3) is 0.267. The maximum absolute atomic E-state index is 13.2. The summed E-state index contributed by atoms with van der Waals surface area (Å²) in [6, 6.07) is 4.90. The topological polar surface area (TPSA) is 47.8 Å². The van der Waals surface area contributed by atoms with Crippen LogP contribution in [0.15, 0.2) is 30.9 Å². The number of halogens is 3. The third-order valence-corrected chi connectivity index (χ3v) is 3.66. The molecule has 116 valence electrons. The number of alkyl halides is 1. The van der Waals surface area contributed by atoms with E-state index >= 15 is 0 Å². The third kappa shape index (κ3) is 3.54. The average molecular weight is 342 g/mol. The zero-order valence-corrected chi connectivity index (χ0v) is 13.6. The van der Waals surface area contributed by atoms with Gasteiger partial charge in [0.25, 0.3) is 0 Å². The molecule has 1 aromatic heterocycles. The molecule has 0 atom stereocenters. The number of carbonyl (C=O) groups is 1. The Kier molecular flexibility index (Phi) is 4.98. The van der Waals surface area contributed by atoms with Crippen LogP contribution in [0.1, 0.15) is 19.4 Å². The number of benzene rings is 1. The average Bonchev–Trinajstić information content (AvgIpc) is 3.00. The summed E-state index contributed by atoms with van der Waals surface area (Å²) in [4.78, 5) is 16.4. The molecule has 0 spiro atoms. The molecule has 0 N–H and O–H groups in total. The van der Waals surface area contributed by atoms with Crippen molar-refractivity contribution in [2.75, 3.05) is 6.67 Å². The molecule has 7 heteroatoms. The molecular weight excluding hydrogens is 328 g/mol. The van der Waals surface area contributed by atoms with Crippen molar-refractivity contribution in [3.05, 3.63) is 46.5 Å². The number of rotatable bonds is 5. The van der Waals surface area contributed by atoms with Gasteiger partial charge in [0, 0.05) is 10.0 Å². The van der Waals surface area contributed by atoms with Gasteiger partial charge in [-0.25, -0.2) is 9.67 Å². The molecule has 0 radical (unpaired) electrons. The zero-order valence-electron chi connectivity index (χ0n) is 12.1. The fourth-order valence-corrected chi connectivity index (χ4v) is 2.20. The SMILES string of the molecule is CC(C)(CF)C(=O)C(=Cc1ccc(Cl)cc1Cl)n1cncn1. The summed E-state index contributed by atoms with van der Waals surface area (Å²) in [5.41, 5.74) is -0.402. The van der Waals surface area contributed by atoms with E-state index in [2.05, 4.69) is 10.1 Å². The van der Waals surface area contributed by atoms with E-state index < -0.39 is 17.9 Å². The first-order valence-electron chi connectivity index (χ1n) is 6.47. The van der Waals surface area contributed by atoms with E-state index in [1.807, 2.05) is 0 Å². The Hall–Kier alpha value is -1.72. The van der Waals surface area contributed by atoms with Crippen LogP contribution < -0.4 is 0 Å². The fourth-order valence-electron chi connectivity index (χ4n) is 1.74. The van der Waals surface area contributed by atoms with E-state index in [1.165, 1.54) is 31.2 Å². The number of aromatic nitrogens is 3. The molecule has 0 bridgehead atoms. The Morgan fingerprint density at radius 2 is 2.14 bits per heavy atom. The lowest BCUT2D eigenvalue weighted by molar-refractivity contribution is -0.122. The first-order valence-corrected chi connectivity index (χ1v) is 7.23. The lowest BCUT2D eigenvalue weighted by Crippen LogP contribution is -2.29. The van der Waals surface area contributed by atoms with Gasteiger partial charge in [-0.15, -0.1) is 0 Å². The van der Waals surface area contributed by atoms with E-state index in [-0.39, 0.29) is 5.70 Å². The third-order valence-electron chi connectivity index (χ3n) is 3.10. The van der Waals surface area contributed by atoms with Crippen LogP contribution >= 0.6 is 23.2 Å². The molecule has 0 aliphatic carbocycles. The maximum Gasteiger partial charge on any atom is 0.189 e. The second-order valence-corrected chi connectivity index (χ2v) is 6.23. The van der Waals surface area contributed by atoms with Crippen molar-refractivity contribution in [2.45, 2.75) is 13.8 Å². The molecule has 2 aromatic rings. The Morgan fingerprint density at radius 1 is 1.41 bits per heavy atom. The summed E-state index contributed by atoms with van der Waals surface area (Å²) in [7, 11) is 0. The number of Topliss-reactive ketones (excluding diaryl/α,β-unsaturated/α-hetero) is 1. The Morgan fingerprint density at radius 3 is 2.68 bits per heavy atom. The van der Waals surface area contributed by atoms with Gasteiger partial charge in [-0.05, 0) is 37.6 Å². The maximum atomic E-state index is 13.2. The summed E-state index contributed by atoms with van der Waals surface area (Å²) in [6.07, 6.45) is 4.22. The molecule has 2 rings (SSSR count). The molecule has 4 nitrogen and oxygen atoms in total. The standard InChI is InChI=1S/C15H14Cl2FN3O/c1-15(2,7-18)14(22)13(21-9-19-8-20-21)5-10-3-4-11(16)6-12(10)17/h3-6,8-9H,7H2,1-2H3. The van der Waals surface area contributed by atoms with Gasteiger partial charge < -0.3 is 0 Å². The number of allylic oxidation sites excluding steroid dienone is 1. The van der Waals surface area contributed by atoms with Crippen molar-refractivity contribution in [3.8, 4) is 0 Å². The molecule has 1 heterocycles. The molecule has 0 fully saturated rings. The van der Waals surface area contributed by atoms with E-state index in [4.69, 9.17) is 23.2 Å². The van der Waals surface area contributed by atoms with E-state index in [1.54, 1.807) is 24.3 Å². The highest BCUT2D eigenvalue weighted by Crippen LogP contribution is 2.28. The van der Waals surface area contributed by atoms with Crippen LogP contribution in [0.2, 0.25) is 10.0 Å². The van der Waals surface area contributed by atoms with E-state index in [9.17, 15) is 9.18 Å². The van der Waals surface area contributed by atoms with Gasteiger partial charge in [-0.1, -0.05) is 29.3 Å². The highest BCUT2D eigenvalue weighted by atomic mass is 35.5. The lowest BCUT2D eigenvalue weighted by Gasteiger charge is -2.20. The summed E-state index contributed by atoms with van der Waals surface area (Å²) in [5.74, 6) is -0.397. The van der Waals surface area contributed by atoms with Gasteiger partial charge in [0.05, 0.1) is 5.41 Å². The Balaban J connectivity index is 2.54. The number of carbonyl (C=O) groups excluding carboxylic acids is 1. The number of hydrogen-bond donors (Lipinski definition) is 0. The molecule has 0 saturated carbocycles. The van der Waals surface area contributed by atoms with Crippen LogP contribution in [0.4, 0.5) is 4.39 Å². The molecule has 0 saturated heterocycles. The molecular formula is C15H14Cl2FN3O. The second-order valence-electron chi connectivity index (χ2n) is 5.38. The zero-order chi connectivity index (χ0) is 16.3. The normalized spacial score (nSPS) is 12.5. The quantitative estimate of drug-likeness (QED) is 0.767. The minimum Gasteiger partial charge on any atom is -0.292 e. The van der Waals surface area contributed by atoms with Gasteiger partial charge in [0.15, 0.2) is 5.78 Å². The van der Waals surface area contributed by atoms with E-state index in [0.717, 1.165) is 0 Å². The summed E-state index contributed by atoms with van der Waals surface area (Å²) < 4.78 is 14.5. The van der Waals surface area contributed by atoms with Crippen LogP contribution in [0.3, 0.4) is 0 Å². The number of ketones is 1. The molecule has 0 amide bonds. The molecule has 0 unspecified atom stereocenters. The summed E-state index contributed by atoms with van der Waals surface area (Å²) >= 11 is 12.0. The van der Waals surface area contributed by atoms with Crippen LogP contribution in [-0.4, -0.2) is 27.2 Å². The lowest BCUT2D eigenvalue weighted by atomic mass is 9.87. The van der Waals surface area contributed by atoms with Crippen molar-refractivity contribution < 1.29 is 9.18 Å². The molecule has 0 aliphatic heterocycles. The van der Waals surface area contributed by atoms with Crippen molar-refractivity contribution >= 4 is 40.8 Å². The van der Waals surface area contributed by atoms with Gasteiger partial charge >= 0.3 is 0 Å². The van der Waals surface area contributed by atoms with Crippen LogP contribution in [0.5, 0.6) is 0 Å². The number of hydrogen-bond acceptors (Lipinski definition) is 3. The minimum absolute atomic E-state index is 0.185. The highest BCUT2D eigenvalue weighted by molar-refractivity contribution is 6.36. The first-order chi connectivity index (χ1) is 10.3. The largest absolute Gasteiger partial charge is 0.292 e. The predicted molar refractivity (Wildman–Crippen MR) is 85.4 cm³/mol. The van der Waals surface area contributed by atoms with Crippen LogP contribution in [0, 0.1) is 5.41 Å². The number of nitrogens with zero attached hydrogens (tertiary/aromatic N) is 3. The van der Waals surface area contributed by atoms with Crippen molar-refractivity contribution in [2.24, 2.45) is 5.41 Å². The summed E-state index contributed by atoms with van der Waals surface area (Å²) in [5, 5.41) is 4.82. The molecule has 22 heavy (non-hydrogen) atoms. The van der Waals surface area contributed by atoms with Gasteiger partial charge in [-0.3, -0.25) is 9.18 Å². The van der Waals surface area contributed by atoms with Crippen LogP contribution in [-0.2, 0) is 4.79 Å². The molecule has 0 aliphatic rings. The predicted octanol–water partition coefficient (Wildman–Crippen LogP) is 4.15. The Labute approximate surface area is 137 Å². The molecule has 1 aromatic carbocycles. The minimum atomic E-state index is -1.17. The van der Waals surface area contributed by atoms with Gasteiger partial charge in [0.1, 0.15) is 25.0 Å². The monoisotopic (exact) mass is 341 g/mol. The van der Waals surface area contributed by atoms with Gasteiger partial charge in [-0.2, -0.15) is 5.10 Å². The van der Waals surface area contributed by atoms with Crippen LogP contribution in [0.25, 0.3) is 11.8 Å². The van der Waals surface area contributed by atoms with Gasteiger partial charge in [0.2, 0.25) is 0 Å². The second kappa shape index (κ2) is 6.58. The van der Waals surface area contributed by atoms with Crippen molar-refractivity contribution in [1.82, 2.24) is 14.8 Å². The van der Waals surface area contributed by atoms with Crippen molar-refractivity contribution in [3.63, 3.8) is 0 Å². The smallest absolute Gasteiger partial charge is 0.189 e. The Bertz CT molecular complexity index is 712. The first kappa shape index (κ1) is 16.6.